The summed E-state index contributed by atoms with van der Waals surface area (Å²) >= 11 is 6.87. The standard InChI is InChI=1S/C25H16Br2N2O6/c1-14-17(8-5-9-21(14)29(32)33)24-28-20(25(31)35-24)12-15-10-18(26)23(19(27)11-15)34-13-22(30)16-6-3-2-4-7-16/h2-12H,13H2,1H3/b20-12-. The average Bonchev–Trinajstić information content (AvgIpc) is 3.18. The molecule has 0 aromatic heterocycles. The summed E-state index contributed by atoms with van der Waals surface area (Å²) in [5.74, 6) is -0.406. The third kappa shape index (κ3) is 5.39. The number of carbonyl (C=O) groups is 2. The van der Waals surface area contributed by atoms with Crippen LogP contribution in [0, 0.1) is 17.0 Å². The van der Waals surface area contributed by atoms with E-state index in [1.54, 1.807) is 49.4 Å². The Hall–Kier alpha value is -3.63. The average molecular weight is 600 g/mol. The van der Waals surface area contributed by atoms with Crippen LogP contribution in [-0.2, 0) is 9.53 Å². The maximum Gasteiger partial charge on any atom is 0.363 e. The SMILES string of the molecule is Cc1c(C2=N/C(=C\c3cc(Br)c(OCC(=O)c4ccccc4)c(Br)c3)C(=O)O2)cccc1[N+](=O)[O-]. The summed E-state index contributed by atoms with van der Waals surface area (Å²) in [6.07, 6.45) is 1.52. The molecular weight excluding hydrogens is 584 g/mol. The number of ketones is 1. The highest BCUT2D eigenvalue weighted by atomic mass is 79.9. The number of hydrogen-bond donors (Lipinski definition) is 0. The van der Waals surface area contributed by atoms with Crippen LogP contribution in [0.4, 0.5) is 5.69 Å². The molecule has 8 nitrogen and oxygen atoms in total. The Morgan fingerprint density at radius 3 is 2.46 bits per heavy atom. The molecule has 4 rings (SSSR count). The Morgan fingerprint density at radius 1 is 1.11 bits per heavy atom. The van der Waals surface area contributed by atoms with E-state index in [1.807, 2.05) is 6.07 Å². The molecule has 0 amide bonds. The first-order chi connectivity index (χ1) is 16.7. The molecule has 1 aliphatic rings. The van der Waals surface area contributed by atoms with Gasteiger partial charge in [-0.15, -0.1) is 0 Å². The molecule has 0 fully saturated rings. The lowest BCUT2D eigenvalue weighted by Crippen LogP contribution is -2.12. The Morgan fingerprint density at radius 2 is 1.80 bits per heavy atom. The summed E-state index contributed by atoms with van der Waals surface area (Å²) in [6, 6.07) is 16.7. The minimum absolute atomic E-state index is 0.0000377. The maximum atomic E-state index is 12.4. The molecule has 0 unspecified atom stereocenters. The molecule has 0 spiro atoms. The predicted molar refractivity (Wildman–Crippen MR) is 137 cm³/mol. The number of benzene rings is 3. The van der Waals surface area contributed by atoms with Crippen molar-refractivity contribution in [2.24, 2.45) is 4.99 Å². The van der Waals surface area contributed by atoms with Crippen molar-refractivity contribution in [3.8, 4) is 5.75 Å². The summed E-state index contributed by atoms with van der Waals surface area (Å²) in [6.45, 7) is 1.42. The van der Waals surface area contributed by atoms with E-state index < -0.39 is 10.9 Å². The second kappa shape index (κ2) is 10.3. The van der Waals surface area contributed by atoms with Crippen molar-refractivity contribution in [1.29, 1.82) is 0 Å². The fourth-order valence-electron chi connectivity index (χ4n) is 3.38. The second-order valence-electron chi connectivity index (χ2n) is 7.43. The molecular formula is C25H16Br2N2O6. The Balaban J connectivity index is 1.56. The van der Waals surface area contributed by atoms with Crippen LogP contribution >= 0.6 is 31.9 Å². The lowest BCUT2D eigenvalue weighted by molar-refractivity contribution is -0.385. The number of cyclic esters (lactones) is 1. The molecule has 0 atom stereocenters. The highest BCUT2D eigenvalue weighted by Crippen LogP contribution is 2.36. The summed E-state index contributed by atoms with van der Waals surface area (Å²) in [5, 5.41) is 11.2. The molecule has 0 aliphatic carbocycles. The van der Waals surface area contributed by atoms with Crippen molar-refractivity contribution in [2.75, 3.05) is 6.61 Å². The second-order valence-corrected chi connectivity index (χ2v) is 9.14. The number of ether oxygens (including phenoxy) is 2. The van der Waals surface area contributed by atoms with Gasteiger partial charge in [0.2, 0.25) is 5.90 Å². The zero-order chi connectivity index (χ0) is 25.1. The van der Waals surface area contributed by atoms with Crippen LogP contribution in [0.15, 0.2) is 80.3 Å². The van der Waals surface area contributed by atoms with Crippen LogP contribution in [0.2, 0.25) is 0 Å². The fraction of sp³-hybridized carbons (Fsp3) is 0.0800. The molecule has 10 heteroatoms. The number of Topliss-reactive ketones (excluding diaryl/α,β-unsaturated/α-hetero) is 1. The summed E-state index contributed by atoms with van der Waals surface area (Å²) < 4.78 is 12.1. The van der Waals surface area contributed by atoms with Crippen LogP contribution in [0.25, 0.3) is 6.08 Å². The predicted octanol–water partition coefficient (Wildman–Crippen LogP) is 6.03. The molecule has 0 saturated carbocycles. The largest absolute Gasteiger partial charge is 0.483 e. The van der Waals surface area contributed by atoms with Gasteiger partial charge >= 0.3 is 5.97 Å². The first-order valence-electron chi connectivity index (χ1n) is 10.2. The van der Waals surface area contributed by atoms with Crippen LogP contribution in [-0.4, -0.2) is 29.2 Å². The van der Waals surface area contributed by atoms with Crippen LogP contribution in [0.5, 0.6) is 5.75 Å². The number of hydrogen-bond acceptors (Lipinski definition) is 7. The van der Waals surface area contributed by atoms with Gasteiger partial charge in [-0.2, -0.15) is 0 Å². The molecule has 1 aliphatic heterocycles. The Bertz CT molecular complexity index is 1390. The Labute approximate surface area is 216 Å². The van der Waals surface area contributed by atoms with Gasteiger partial charge in [-0.3, -0.25) is 14.9 Å². The van der Waals surface area contributed by atoms with Gasteiger partial charge in [-0.05, 0) is 68.6 Å². The van der Waals surface area contributed by atoms with Gasteiger partial charge in [0.05, 0.1) is 13.9 Å². The van der Waals surface area contributed by atoms with E-state index >= 15 is 0 Å². The topological polar surface area (TPSA) is 108 Å². The van der Waals surface area contributed by atoms with Crippen molar-refractivity contribution in [3.63, 3.8) is 0 Å². The third-order valence-electron chi connectivity index (χ3n) is 5.12. The van der Waals surface area contributed by atoms with E-state index in [0.29, 0.717) is 36.9 Å². The smallest absolute Gasteiger partial charge is 0.363 e. The monoisotopic (exact) mass is 598 g/mol. The van der Waals surface area contributed by atoms with Crippen molar-refractivity contribution >= 4 is 61.3 Å². The summed E-state index contributed by atoms with van der Waals surface area (Å²) in [7, 11) is 0. The Kier molecular flexibility index (Phi) is 7.23. The molecule has 0 N–H and O–H groups in total. The van der Waals surface area contributed by atoms with Gasteiger partial charge in [0.1, 0.15) is 5.75 Å². The molecule has 0 bridgehead atoms. The van der Waals surface area contributed by atoms with Gasteiger partial charge in [-0.25, -0.2) is 9.79 Å². The van der Waals surface area contributed by atoms with Crippen molar-refractivity contribution in [3.05, 3.63) is 108 Å². The van der Waals surface area contributed by atoms with E-state index in [4.69, 9.17) is 9.47 Å². The van der Waals surface area contributed by atoms with E-state index in [0.717, 1.165) is 0 Å². The summed E-state index contributed by atoms with van der Waals surface area (Å²) in [5.41, 5.74) is 1.82. The number of aliphatic imine (C=N–C) groups is 1. The quantitative estimate of drug-likeness (QED) is 0.108. The molecule has 3 aromatic rings. The number of nitro groups is 1. The van der Waals surface area contributed by atoms with Gasteiger partial charge < -0.3 is 9.47 Å². The van der Waals surface area contributed by atoms with E-state index in [2.05, 4.69) is 36.9 Å². The molecule has 0 radical (unpaired) electrons. The lowest BCUT2D eigenvalue weighted by atomic mass is 10.1. The van der Waals surface area contributed by atoms with E-state index in [9.17, 15) is 19.7 Å². The van der Waals surface area contributed by atoms with Crippen LogP contribution < -0.4 is 4.74 Å². The minimum Gasteiger partial charge on any atom is -0.483 e. The minimum atomic E-state index is -0.674. The van der Waals surface area contributed by atoms with Gasteiger partial charge in [0, 0.05) is 22.8 Å². The van der Waals surface area contributed by atoms with Gasteiger partial charge in [-0.1, -0.05) is 36.4 Å². The number of nitro benzene ring substituents is 1. The van der Waals surface area contributed by atoms with E-state index in [1.165, 1.54) is 18.2 Å². The highest BCUT2D eigenvalue weighted by molar-refractivity contribution is 9.11. The molecule has 1 heterocycles. The van der Waals surface area contributed by atoms with Gasteiger partial charge in [0.15, 0.2) is 18.1 Å². The molecule has 35 heavy (non-hydrogen) atoms. The number of halogens is 2. The highest BCUT2D eigenvalue weighted by Gasteiger charge is 2.27. The normalized spacial score (nSPS) is 14.0. The summed E-state index contributed by atoms with van der Waals surface area (Å²) in [4.78, 5) is 39.7. The van der Waals surface area contributed by atoms with Crippen LogP contribution in [0.3, 0.4) is 0 Å². The molecule has 176 valence electrons. The number of nitrogens with zero attached hydrogens (tertiary/aromatic N) is 2. The zero-order valence-electron chi connectivity index (χ0n) is 18.2. The zero-order valence-corrected chi connectivity index (χ0v) is 21.3. The lowest BCUT2D eigenvalue weighted by Gasteiger charge is -2.11. The van der Waals surface area contributed by atoms with E-state index in [-0.39, 0.29) is 29.7 Å². The third-order valence-corrected chi connectivity index (χ3v) is 6.30. The number of carbonyl (C=O) groups excluding carboxylic acids is 2. The number of rotatable bonds is 7. The van der Waals surface area contributed by atoms with Crippen LogP contribution in [0.1, 0.15) is 27.0 Å². The van der Waals surface area contributed by atoms with Crippen molar-refractivity contribution in [1.82, 2.24) is 0 Å². The number of esters is 1. The van der Waals surface area contributed by atoms with Crippen molar-refractivity contribution in [2.45, 2.75) is 6.92 Å². The molecule has 3 aromatic carbocycles. The first-order valence-corrected chi connectivity index (χ1v) is 11.8. The van der Waals surface area contributed by atoms with Crippen molar-refractivity contribution < 1.29 is 24.0 Å². The fourth-order valence-corrected chi connectivity index (χ4v) is 4.83. The molecule has 0 saturated heterocycles. The first kappa shape index (κ1) is 24.5. The van der Waals surface area contributed by atoms with Gasteiger partial charge in [0.25, 0.3) is 5.69 Å². The maximum absolute atomic E-state index is 12.4.